The molecule has 106 valence electrons. The van der Waals surface area contributed by atoms with E-state index in [1.807, 2.05) is 12.1 Å². The quantitative estimate of drug-likeness (QED) is 0.821. The molecule has 0 amide bonds. The summed E-state index contributed by atoms with van der Waals surface area (Å²) in [5.41, 5.74) is 3.06. The number of rotatable bonds is 6. The largest absolute Gasteiger partial charge is 0.476 e. The molecule has 0 radical (unpaired) electrons. The van der Waals surface area contributed by atoms with Crippen LogP contribution in [0.15, 0.2) is 30.3 Å². The molecule has 1 heterocycles. The first-order valence-corrected chi connectivity index (χ1v) is 6.47. The predicted molar refractivity (Wildman–Crippen MR) is 75.8 cm³/mol. The molecule has 0 bridgehead atoms. The van der Waals surface area contributed by atoms with E-state index in [4.69, 9.17) is 9.84 Å². The molecule has 0 spiro atoms. The van der Waals surface area contributed by atoms with E-state index in [1.54, 1.807) is 24.9 Å². The minimum absolute atomic E-state index is 0.0617. The lowest BCUT2D eigenvalue weighted by Crippen LogP contribution is -1.99. The number of methoxy groups -OCH3 is 1. The van der Waals surface area contributed by atoms with Crippen molar-refractivity contribution in [2.24, 2.45) is 7.05 Å². The fourth-order valence-electron chi connectivity index (χ4n) is 2.10. The normalized spacial score (nSPS) is 10.7. The molecule has 0 aliphatic heterocycles. The number of aromatic carboxylic acids is 1. The SMILES string of the molecule is COCCCc1ccc(-c2cc(C(=O)O)nn2C)cc1. The van der Waals surface area contributed by atoms with Gasteiger partial charge in [0, 0.05) is 20.8 Å². The summed E-state index contributed by atoms with van der Waals surface area (Å²) in [6.45, 7) is 0.755. The molecule has 0 fully saturated rings. The maximum absolute atomic E-state index is 10.9. The Kier molecular flexibility index (Phi) is 4.53. The molecule has 5 heteroatoms. The molecule has 1 N–H and O–H groups in total. The van der Waals surface area contributed by atoms with Crippen LogP contribution in [0.5, 0.6) is 0 Å². The van der Waals surface area contributed by atoms with Crippen molar-refractivity contribution >= 4 is 5.97 Å². The number of benzene rings is 1. The molecule has 1 aromatic heterocycles. The van der Waals surface area contributed by atoms with Crippen LogP contribution in [-0.4, -0.2) is 34.6 Å². The number of carboxylic acid groups (broad SMARTS) is 1. The smallest absolute Gasteiger partial charge is 0.356 e. The monoisotopic (exact) mass is 274 g/mol. The maximum Gasteiger partial charge on any atom is 0.356 e. The highest BCUT2D eigenvalue weighted by atomic mass is 16.5. The van der Waals surface area contributed by atoms with Crippen LogP contribution < -0.4 is 0 Å². The van der Waals surface area contributed by atoms with Gasteiger partial charge in [0.2, 0.25) is 0 Å². The fourth-order valence-corrected chi connectivity index (χ4v) is 2.10. The number of aryl methyl sites for hydroxylation is 2. The first-order chi connectivity index (χ1) is 9.61. The number of nitrogens with zero attached hydrogens (tertiary/aromatic N) is 2. The molecule has 1 aromatic carbocycles. The van der Waals surface area contributed by atoms with Gasteiger partial charge in [0.1, 0.15) is 0 Å². The molecule has 20 heavy (non-hydrogen) atoms. The number of ether oxygens (including phenoxy) is 1. The van der Waals surface area contributed by atoms with Crippen molar-refractivity contribution in [3.8, 4) is 11.3 Å². The highest BCUT2D eigenvalue weighted by Crippen LogP contribution is 2.21. The molecule has 0 atom stereocenters. The average molecular weight is 274 g/mol. The van der Waals surface area contributed by atoms with Gasteiger partial charge in [0.15, 0.2) is 5.69 Å². The van der Waals surface area contributed by atoms with Crippen molar-refractivity contribution in [2.45, 2.75) is 12.8 Å². The van der Waals surface area contributed by atoms with Gasteiger partial charge in [-0.2, -0.15) is 5.10 Å². The van der Waals surface area contributed by atoms with Crippen LogP contribution in [0.25, 0.3) is 11.3 Å². The Hall–Kier alpha value is -2.14. The lowest BCUT2D eigenvalue weighted by Gasteiger charge is -2.04. The summed E-state index contributed by atoms with van der Waals surface area (Å²) >= 11 is 0. The molecule has 0 saturated carbocycles. The number of hydrogen-bond acceptors (Lipinski definition) is 3. The van der Waals surface area contributed by atoms with Crippen molar-refractivity contribution in [1.29, 1.82) is 0 Å². The highest BCUT2D eigenvalue weighted by Gasteiger charge is 2.12. The van der Waals surface area contributed by atoms with Gasteiger partial charge in [-0.15, -0.1) is 0 Å². The van der Waals surface area contributed by atoms with E-state index < -0.39 is 5.97 Å². The van der Waals surface area contributed by atoms with Gasteiger partial charge in [0.25, 0.3) is 0 Å². The van der Waals surface area contributed by atoms with Crippen LogP contribution >= 0.6 is 0 Å². The lowest BCUT2D eigenvalue weighted by molar-refractivity contribution is 0.0689. The minimum atomic E-state index is -1.01. The average Bonchev–Trinajstić information content (AvgIpc) is 2.82. The van der Waals surface area contributed by atoms with Crippen LogP contribution in [0.4, 0.5) is 0 Å². The minimum Gasteiger partial charge on any atom is -0.476 e. The van der Waals surface area contributed by atoms with Crippen molar-refractivity contribution in [3.63, 3.8) is 0 Å². The van der Waals surface area contributed by atoms with Crippen molar-refractivity contribution in [1.82, 2.24) is 9.78 Å². The molecule has 0 aliphatic rings. The van der Waals surface area contributed by atoms with E-state index in [1.165, 1.54) is 5.56 Å². The summed E-state index contributed by atoms with van der Waals surface area (Å²) in [4.78, 5) is 10.9. The van der Waals surface area contributed by atoms with Gasteiger partial charge in [0.05, 0.1) is 5.69 Å². The second-order valence-corrected chi connectivity index (χ2v) is 4.64. The summed E-state index contributed by atoms with van der Waals surface area (Å²) in [5.74, 6) is -1.01. The standard InChI is InChI=1S/C15H18N2O3/c1-17-14(10-13(16-17)15(18)19)12-7-5-11(6-8-12)4-3-9-20-2/h5-8,10H,3-4,9H2,1-2H3,(H,18,19). The van der Waals surface area contributed by atoms with Gasteiger partial charge in [-0.25, -0.2) is 4.79 Å². The second kappa shape index (κ2) is 6.34. The van der Waals surface area contributed by atoms with E-state index in [9.17, 15) is 4.79 Å². The molecule has 5 nitrogen and oxygen atoms in total. The van der Waals surface area contributed by atoms with Crippen LogP contribution in [0.3, 0.4) is 0 Å². The first kappa shape index (κ1) is 14.3. The lowest BCUT2D eigenvalue weighted by atomic mass is 10.1. The van der Waals surface area contributed by atoms with Crippen LogP contribution in [0.2, 0.25) is 0 Å². The third-order valence-electron chi connectivity index (χ3n) is 3.16. The Labute approximate surface area is 117 Å². The third-order valence-corrected chi connectivity index (χ3v) is 3.16. The summed E-state index contributed by atoms with van der Waals surface area (Å²) in [6, 6.07) is 9.68. The second-order valence-electron chi connectivity index (χ2n) is 4.64. The highest BCUT2D eigenvalue weighted by molar-refractivity contribution is 5.87. The van der Waals surface area contributed by atoms with E-state index in [-0.39, 0.29) is 5.69 Å². The predicted octanol–water partition coefficient (Wildman–Crippen LogP) is 2.36. The Morgan fingerprint density at radius 1 is 1.35 bits per heavy atom. The maximum atomic E-state index is 10.9. The summed E-state index contributed by atoms with van der Waals surface area (Å²) in [7, 11) is 3.44. The Balaban J connectivity index is 2.15. The molecule has 2 rings (SSSR count). The topological polar surface area (TPSA) is 64.3 Å². The van der Waals surface area contributed by atoms with Gasteiger partial charge in [-0.3, -0.25) is 4.68 Å². The Morgan fingerprint density at radius 2 is 2.05 bits per heavy atom. The van der Waals surface area contributed by atoms with E-state index in [2.05, 4.69) is 17.2 Å². The van der Waals surface area contributed by atoms with Gasteiger partial charge in [-0.05, 0) is 30.0 Å². The van der Waals surface area contributed by atoms with Crippen molar-refractivity contribution in [2.75, 3.05) is 13.7 Å². The Bertz CT molecular complexity index is 588. The zero-order valence-electron chi connectivity index (χ0n) is 11.7. The van der Waals surface area contributed by atoms with Gasteiger partial charge >= 0.3 is 5.97 Å². The van der Waals surface area contributed by atoms with Crippen molar-refractivity contribution < 1.29 is 14.6 Å². The van der Waals surface area contributed by atoms with E-state index >= 15 is 0 Å². The van der Waals surface area contributed by atoms with Crippen LogP contribution in [0.1, 0.15) is 22.5 Å². The molecule has 2 aromatic rings. The summed E-state index contributed by atoms with van der Waals surface area (Å²) in [6.07, 6.45) is 1.96. The molecule has 0 saturated heterocycles. The zero-order chi connectivity index (χ0) is 14.5. The molecular formula is C15H18N2O3. The molecule has 0 unspecified atom stereocenters. The molecule has 0 aliphatic carbocycles. The van der Waals surface area contributed by atoms with Gasteiger partial charge in [-0.1, -0.05) is 24.3 Å². The van der Waals surface area contributed by atoms with Crippen LogP contribution in [-0.2, 0) is 18.2 Å². The van der Waals surface area contributed by atoms with E-state index in [0.29, 0.717) is 0 Å². The van der Waals surface area contributed by atoms with Crippen LogP contribution in [0, 0.1) is 0 Å². The van der Waals surface area contributed by atoms with Crippen molar-refractivity contribution in [3.05, 3.63) is 41.6 Å². The summed E-state index contributed by atoms with van der Waals surface area (Å²) in [5, 5.41) is 12.9. The number of carbonyl (C=O) groups is 1. The number of carboxylic acids is 1. The van der Waals surface area contributed by atoms with Gasteiger partial charge < -0.3 is 9.84 Å². The van der Waals surface area contributed by atoms with E-state index in [0.717, 1.165) is 30.7 Å². The molecular weight excluding hydrogens is 256 g/mol. The first-order valence-electron chi connectivity index (χ1n) is 6.47. The third kappa shape index (κ3) is 3.24. The summed E-state index contributed by atoms with van der Waals surface area (Å²) < 4.78 is 6.62. The number of hydrogen-bond donors (Lipinski definition) is 1. The fraction of sp³-hybridized carbons (Fsp3) is 0.333. The Morgan fingerprint density at radius 3 is 2.60 bits per heavy atom. The zero-order valence-corrected chi connectivity index (χ0v) is 11.7. The number of aromatic nitrogens is 2.